The molecule has 1 heterocycles. The molecule has 0 aromatic heterocycles. The highest BCUT2D eigenvalue weighted by molar-refractivity contribution is 7.89. The van der Waals surface area contributed by atoms with Crippen LogP contribution in [0.5, 0.6) is 0 Å². The zero-order chi connectivity index (χ0) is 24.2. The van der Waals surface area contributed by atoms with E-state index >= 15 is 0 Å². The SMILES string of the molecule is Cc1ccc(S(=O)(=O)N[C@@H]2C3c4ccccc4C(c4ccccc43)[C@H]2NC(=O)[C@@H]2CCCN2)cc1. The van der Waals surface area contributed by atoms with Crippen LogP contribution in [0.1, 0.15) is 52.5 Å². The fourth-order valence-electron chi connectivity index (χ4n) is 6.13. The van der Waals surface area contributed by atoms with Crippen molar-refractivity contribution >= 4 is 15.9 Å². The van der Waals surface area contributed by atoms with Crippen LogP contribution >= 0.6 is 0 Å². The summed E-state index contributed by atoms with van der Waals surface area (Å²) in [6.45, 7) is 2.75. The van der Waals surface area contributed by atoms with E-state index < -0.39 is 22.1 Å². The number of amides is 1. The summed E-state index contributed by atoms with van der Waals surface area (Å²) in [6, 6.07) is 22.2. The Morgan fingerprint density at radius 3 is 1.89 bits per heavy atom. The molecule has 4 aliphatic rings. The average Bonchev–Trinajstić information content (AvgIpc) is 3.40. The largest absolute Gasteiger partial charge is 0.349 e. The summed E-state index contributed by atoms with van der Waals surface area (Å²) in [5.74, 6) is -0.396. The number of benzene rings is 3. The molecule has 0 saturated carbocycles. The Bertz CT molecular complexity index is 1330. The minimum absolute atomic E-state index is 0.0606. The second-order valence-corrected chi connectivity index (χ2v) is 11.6. The lowest BCUT2D eigenvalue weighted by Gasteiger charge is -2.51. The Morgan fingerprint density at radius 2 is 1.37 bits per heavy atom. The minimum Gasteiger partial charge on any atom is -0.349 e. The Labute approximate surface area is 206 Å². The van der Waals surface area contributed by atoms with Gasteiger partial charge < -0.3 is 10.6 Å². The first-order chi connectivity index (χ1) is 16.9. The first-order valence-electron chi connectivity index (χ1n) is 12.2. The van der Waals surface area contributed by atoms with E-state index in [1.807, 2.05) is 31.2 Å². The van der Waals surface area contributed by atoms with Crippen molar-refractivity contribution in [1.29, 1.82) is 0 Å². The van der Waals surface area contributed by atoms with Crippen LogP contribution < -0.4 is 15.4 Å². The molecular weight excluding hydrogens is 458 g/mol. The van der Waals surface area contributed by atoms with Gasteiger partial charge in [-0.25, -0.2) is 13.1 Å². The number of carbonyl (C=O) groups excluding carboxylic acids is 1. The van der Waals surface area contributed by atoms with Gasteiger partial charge in [-0.3, -0.25) is 4.79 Å². The quantitative estimate of drug-likeness (QED) is 0.516. The summed E-state index contributed by atoms with van der Waals surface area (Å²) in [7, 11) is -3.81. The van der Waals surface area contributed by atoms with Crippen LogP contribution in [0, 0.1) is 6.92 Å². The van der Waals surface area contributed by atoms with Gasteiger partial charge in [0.05, 0.1) is 23.0 Å². The predicted molar refractivity (Wildman–Crippen MR) is 135 cm³/mol. The van der Waals surface area contributed by atoms with E-state index in [1.54, 1.807) is 24.3 Å². The van der Waals surface area contributed by atoms with E-state index in [4.69, 9.17) is 0 Å². The summed E-state index contributed by atoms with van der Waals surface area (Å²) >= 11 is 0. The molecule has 0 spiro atoms. The monoisotopic (exact) mass is 487 g/mol. The van der Waals surface area contributed by atoms with Gasteiger partial charge in [0.1, 0.15) is 0 Å². The van der Waals surface area contributed by atoms with Crippen molar-refractivity contribution in [3.8, 4) is 0 Å². The van der Waals surface area contributed by atoms with Crippen LogP contribution in [0.4, 0.5) is 0 Å². The second-order valence-electron chi connectivity index (χ2n) is 9.86. The maximum atomic E-state index is 13.6. The fraction of sp³-hybridized carbons (Fsp3) is 0.321. The Morgan fingerprint density at radius 1 is 0.829 bits per heavy atom. The molecule has 3 aromatic rings. The van der Waals surface area contributed by atoms with Gasteiger partial charge in [0.25, 0.3) is 0 Å². The first kappa shape index (κ1) is 22.5. The van der Waals surface area contributed by atoms with Gasteiger partial charge in [-0.2, -0.15) is 0 Å². The van der Waals surface area contributed by atoms with Crippen LogP contribution in [-0.4, -0.2) is 39.0 Å². The third-order valence-corrected chi connectivity index (χ3v) is 9.22. The van der Waals surface area contributed by atoms with Crippen molar-refractivity contribution in [3.63, 3.8) is 0 Å². The average molecular weight is 488 g/mol. The molecule has 0 unspecified atom stereocenters. The molecule has 0 radical (unpaired) electrons. The number of carbonyl (C=O) groups is 1. The smallest absolute Gasteiger partial charge is 0.240 e. The van der Waals surface area contributed by atoms with Gasteiger partial charge in [0.15, 0.2) is 0 Å². The van der Waals surface area contributed by atoms with Crippen molar-refractivity contribution in [2.75, 3.05) is 6.54 Å². The number of hydrogen-bond acceptors (Lipinski definition) is 4. The standard InChI is InChI=1S/C28H29N3O3S/c1-17-12-14-18(15-13-17)35(33,34)31-27-25-21-9-4-2-7-19(21)24(20-8-3-5-10-22(20)25)26(27)30-28(32)23-11-6-16-29-23/h2-5,7-10,12-15,23-27,29,31H,6,11,16H2,1H3,(H,30,32)/t23-,24?,25?,26+,27+/m0/s1. The molecule has 1 aliphatic heterocycles. The van der Waals surface area contributed by atoms with E-state index in [-0.39, 0.29) is 28.7 Å². The minimum atomic E-state index is -3.81. The van der Waals surface area contributed by atoms with E-state index in [9.17, 15) is 13.2 Å². The third-order valence-electron chi connectivity index (χ3n) is 7.75. The maximum absolute atomic E-state index is 13.6. The van der Waals surface area contributed by atoms with Crippen LogP contribution in [0.2, 0.25) is 0 Å². The molecule has 2 bridgehead atoms. The summed E-state index contributed by atoms with van der Waals surface area (Å²) in [4.78, 5) is 13.5. The highest BCUT2D eigenvalue weighted by Crippen LogP contribution is 2.53. The summed E-state index contributed by atoms with van der Waals surface area (Å²) in [6.07, 6.45) is 1.75. The summed E-state index contributed by atoms with van der Waals surface area (Å²) < 4.78 is 30.2. The van der Waals surface area contributed by atoms with Gasteiger partial charge in [-0.1, -0.05) is 66.2 Å². The highest BCUT2D eigenvalue weighted by atomic mass is 32.2. The molecule has 3 aromatic carbocycles. The summed E-state index contributed by atoms with van der Waals surface area (Å²) in [5, 5.41) is 6.55. The van der Waals surface area contributed by atoms with Crippen LogP contribution in [-0.2, 0) is 14.8 Å². The van der Waals surface area contributed by atoms with Crippen molar-refractivity contribution in [2.45, 2.75) is 54.6 Å². The third kappa shape index (κ3) is 3.78. The molecule has 1 saturated heterocycles. The molecule has 3 aliphatic carbocycles. The molecule has 7 rings (SSSR count). The Kier molecular flexibility index (Phi) is 5.51. The second kappa shape index (κ2) is 8.59. The molecular formula is C28H29N3O3S. The van der Waals surface area contributed by atoms with Crippen LogP contribution in [0.25, 0.3) is 0 Å². The molecule has 180 valence electrons. The molecule has 35 heavy (non-hydrogen) atoms. The Balaban J connectivity index is 1.46. The zero-order valence-electron chi connectivity index (χ0n) is 19.6. The molecule has 1 amide bonds. The maximum Gasteiger partial charge on any atom is 0.240 e. The number of sulfonamides is 1. The van der Waals surface area contributed by atoms with Gasteiger partial charge in [-0.05, 0) is 60.7 Å². The molecule has 6 nitrogen and oxygen atoms in total. The van der Waals surface area contributed by atoms with Gasteiger partial charge >= 0.3 is 0 Å². The van der Waals surface area contributed by atoms with Crippen molar-refractivity contribution < 1.29 is 13.2 Å². The number of nitrogens with one attached hydrogen (secondary N) is 3. The van der Waals surface area contributed by atoms with E-state index in [0.29, 0.717) is 0 Å². The van der Waals surface area contributed by atoms with E-state index in [1.165, 1.54) is 0 Å². The van der Waals surface area contributed by atoms with Crippen molar-refractivity contribution in [2.24, 2.45) is 0 Å². The fourth-order valence-corrected chi connectivity index (χ4v) is 7.40. The zero-order valence-corrected chi connectivity index (χ0v) is 20.4. The molecule has 1 fully saturated rings. The normalized spacial score (nSPS) is 26.7. The number of aryl methyl sites for hydroxylation is 1. The lowest BCUT2D eigenvalue weighted by molar-refractivity contribution is -0.123. The summed E-state index contributed by atoms with van der Waals surface area (Å²) in [5.41, 5.74) is 5.56. The topological polar surface area (TPSA) is 87.3 Å². The lowest BCUT2D eigenvalue weighted by Crippen LogP contribution is -2.63. The van der Waals surface area contributed by atoms with Crippen molar-refractivity contribution in [1.82, 2.24) is 15.4 Å². The van der Waals surface area contributed by atoms with Crippen LogP contribution in [0.15, 0.2) is 77.7 Å². The number of rotatable bonds is 5. The molecule has 3 atom stereocenters. The van der Waals surface area contributed by atoms with E-state index in [2.05, 4.69) is 39.6 Å². The van der Waals surface area contributed by atoms with E-state index in [0.717, 1.165) is 47.2 Å². The Hall–Kier alpha value is -3.00. The van der Waals surface area contributed by atoms with Crippen LogP contribution in [0.3, 0.4) is 0 Å². The van der Waals surface area contributed by atoms with Gasteiger partial charge in [-0.15, -0.1) is 0 Å². The number of hydrogen-bond donors (Lipinski definition) is 3. The highest BCUT2D eigenvalue weighted by Gasteiger charge is 2.51. The molecule has 7 heteroatoms. The molecule has 3 N–H and O–H groups in total. The first-order valence-corrected chi connectivity index (χ1v) is 13.7. The lowest BCUT2D eigenvalue weighted by atomic mass is 9.59. The number of fused-ring (bicyclic) bond motifs is 1. The van der Waals surface area contributed by atoms with Gasteiger partial charge in [0, 0.05) is 11.8 Å². The van der Waals surface area contributed by atoms with Gasteiger partial charge in [0.2, 0.25) is 15.9 Å². The van der Waals surface area contributed by atoms with Crippen molar-refractivity contribution in [3.05, 3.63) is 101 Å². The predicted octanol–water partition coefficient (Wildman–Crippen LogP) is 3.17.